The van der Waals surface area contributed by atoms with Crippen LogP contribution in [0.5, 0.6) is 0 Å². The second kappa shape index (κ2) is 5.93. The fourth-order valence-corrected chi connectivity index (χ4v) is 3.09. The molecule has 0 amide bonds. The Morgan fingerprint density at radius 3 is 2.12 bits per heavy atom. The van der Waals surface area contributed by atoms with Crippen LogP contribution >= 0.6 is 0 Å². The van der Waals surface area contributed by atoms with Crippen LogP contribution in [-0.2, 0) is 4.74 Å². The number of halogens is 1. The number of hydrogen-bond donors (Lipinski definition) is 1. The molecule has 2 saturated carbocycles. The van der Waals surface area contributed by atoms with Crippen LogP contribution in [0.25, 0.3) is 0 Å². The van der Waals surface area contributed by atoms with Crippen molar-refractivity contribution in [3.05, 3.63) is 58.9 Å². The zero-order valence-corrected chi connectivity index (χ0v) is 13.6. The highest BCUT2D eigenvalue weighted by atomic mass is 19.1. The van der Waals surface area contributed by atoms with Gasteiger partial charge in [-0.3, -0.25) is 0 Å². The molecule has 2 aliphatic rings. The predicted octanol–water partition coefficient (Wildman–Crippen LogP) is 5.11. The van der Waals surface area contributed by atoms with E-state index in [1.807, 2.05) is 0 Å². The van der Waals surface area contributed by atoms with Crippen molar-refractivity contribution in [1.82, 2.24) is 0 Å². The number of carbonyl (C=O) groups is 1. The van der Waals surface area contributed by atoms with Gasteiger partial charge in [-0.05, 0) is 79.0 Å². The summed E-state index contributed by atoms with van der Waals surface area (Å²) in [5, 5.41) is 3.28. The van der Waals surface area contributed by atoms with Gasteiger partial charge in [-0.25, -0.2) is 9.18 Å². The molecular formula is C20H20FNO2. The van der Waals surface area contributed by atoms with Gasteiger partial charge in [0.05, 0.1) is 12.7 Å². The van der Waals surface area contributed by atoms with E-state index in [9.17, 15) is 9.18 Å². The molecule has 0 bridgehead atoms. The normalized spacial score (nSPS) is 16.8. The fraction of sp³-hybridized carbons (Fsp3) is 0.350. The Kier molecular flexibility index (Phi) is 3.75. The molecule has 0 radical (unpaired) electrons. The molecule has 4 heteroatoms. The number of anilines is 2. The summed E-state index contributed by atoms with van der Waals surface area (Å²) >= 11 is 0. The molecule has 0 aromatic heterocycles. The monoisotopic (exact) mass is 325 g/mol. The van der Waals surface area contributed by atoms with Crippen molar-refractivity contribution in [1.29, 1.82) is 0 Å². The molecule has 0 spiro atoms. The van der Waals surface area contributed by atoms with Gasteiger partial charge in [-0.15, -0.1) is 0 Å². The quantitative estimate of drug-likeness (QED) is 0.776. The van der Waals surface area contributed by atoms with E-state index in [0.717, 1.165) is 5.69 Å². The van der Waals surface area contributed by atoms with E-state index in [1.165, 1.54) is 56.1 Å². The summed E-state index contributed by atoms with van der Waals surface area (Å²) in [6.07, 6.45) is 5.04. The minimum absolute atomic E-state index is 0.0477. The summed E-state index contributed by atoms with van der Waals surface area (Å²) in [6.45, 7) is 0. The highest BCUT2D eigenvalue weighted by molar-refractivity contribution is 5.90. The van der Waals surface area contributed by atoms with Crippen molar-refractivity contribution in [3.8, 4) is 0 Å². The van der Waals surface area contributed by atoms with Crippen molar-refractivity contribution in [2.75, 3.05) is 12.4 Å². The first kappa shape index (κ1) is 15.2. The van der Waals surface area contributed by atoms with E-state index in [0.29, 0.717) is 17.5 Å². The SMILES string of the molecule is COC(=O)c1ccc(Nc2cc(C3CC3)cc(C3CC3)c2)cc1F. The number of ether oxygens (including phenoxy) is 1. The Hall–Kier alpha value is -2.36. The fourth-order valence-electron chi connectivity index (χ4n) is 3.09. The maximum Gasteiger partial charge on any atom is 0.340 e. The van der Waals surface area contributed by atoms with Crippen LogP contribution in [0.1, 0.15) is 59.0 Å². The smallest absolute Gasteiger partial charge is 0.340 e. The number of rotatable bonds is 5. The molecule has 24 heavy (non-hydrogen) atoms. The maximum atomic E-state index is 14.1. The van der Waals surface area contributed by atoms with E-state index in [2.05, 4.69) is 28.3 Å². The molecule has 0 unspecified atom stereocenters. The first-order valence-electron chi connectivity index (χ1n) is 8.44. The lowest BCUT2D eigenvalue weighted by atomic mass is 10.0. The van der Waals surface area contributed by atoms with Crippen molar-refractivity contribution in [2.24, 2.45) is 0 Å². The van der Waals surface area contributed by atoms with Gasteiger partial charge >= 0.3 is 5.97 Å². The molecule has 3 nitrogen and oxygen atoms in total. The third kappa shape index (κ3) is 3.14. The predicted molar refractivity (Wildman–Crippen MR) is 91.4 cm³/mol. The first-order chi connectivity index (χ1) is 11.6. The summed E-state index contributed by atoms with van der Waals surface area (Å²) in [5.74, 6) is 0.129. The summed E-state index contributed by atoms with van der Waals surface area (Å²) in [5.41, 5.74) is 4.34. The van der Waals surface area contributed by atoms with Crippen LogP contribution in [-0.4, -0.2) is 13.1 Å². The minimum atomic E-state index is -0.661. The zero-order valence-electron chi connectivity index (χ0n) is 13.6. The molecule has 2 aromatic rings. The standard InChI is InChI=1S/C20H20FNO2/c1-24-20(23)18-7-6-16(11-19(18)21)22-17-9-14(12-2-3-12)8-15(10-17)13-4-5-13/h6-13,22H,2-5H2,1H3. The first-order valence-corrected chi connectivity index (χ1v) is 8.44. The summed E-state index contributed by atoms with van der Waals surface area (Å²) in [4.78, 5) is 11.5. The Bertz CT molecular complexity index is 764. The largest absolute Gasteiger partial charge is 0.465 e. The van der Waals surface area contributed by atoms with Crippen LogP contribution in [0, 0.1) is 5.82 Å². The van der Waals surface area contributed by atoms with Crippen LogP contribution in [0.3, 0.4) is 0 Å². The molecule has 2 aromatic carbocycles. The number of methoxy groups -OCH3 is 1. The Balaban J connectivity index is 1.60. The number of nitrogens with one attached hydrogen (secondary N) is 1. The molecule has 2 fully saturated rings. The average Bonchev–Trinajstić information content (AvgIpc) is 3.47. The van der Waals surface area contributed by atoms with Gasteiger partial charge in [0.15, 0.2) is 0 Å². The number of esters is 1. The molecule has 0 atom stereocenters. The van der Waals surface area contributed by atoms with Crippen LogP contribution in [0.4, 0.5) is 15.8 Å². The topological polar surface area (TPSA) is 38.3 Å². The van der Waals surface area contributed by atoms with Gasteiger partial charge in [-0.2, -0.15) is 0 Å². The van der Waals surface area contributed by atoms with Crippen LogP contribution in [0.2, 0.25) is 0 Å². The van der Waals surface area contributed by atoms with E-state index >= 15 is 0 Å². The Morgan fingerprint density at radius 1 is 1.00 bits per heavy atom. The molecule has 0 heterocycles. The summed E-state index contributed by atoms with van der Waals surface area (Å²) < 4.78 is 18.7. The van der Waals surface area contributed by atoms with Crippen molar-refractivity contribution < 1.29 is 13.9 Å². The molecule has 4 rings (SSSR count). The number of hydrogen-bond acceptors (Lipinski definition) is 3. The summed E-state index contributed by atoms with van der Waals surface area (Å²) in [6, 6.07) is 11.2. The Labute approximate surface area is 140 Å². The lowest BCUT2D eigenvalue weighted by Crippen LogP contribution is -2.05. The molecule has 1 N–H and O–H groups in total. The molecule has 124 valence electrons. The highest BCUT2D eigenvalue weighted by Gasteiger charge is 2.28. The van der Waals surface area contributed by atoms with Gasteiger partial charge in [0.2, 0.25) is 0 Å². The highest BCUT2D eigenvalue weighted by Crippen LogP contribution is 2.46. The van der Waals surface area contributed by atoms with Crippen molar-refractivity contribution in [2.45, 2.75) is 37.5 Å². The van der Waals surface area contributed by atoms with Gasteiger partial charge in [0.25, 0.3) is 0 Å². The average molecular weight is 325 g/mol. The van der Waals surface area contributed by atoms with E-state index in [-0.39, 0.29) is 5.56 Å². The molecule has 0 saturated heterocycles. The maximum absolute atomic E-state index is 14.1. The van der Waals surface area contributed by atoms with E-state index in [1.54, 1.807) is 6.07 Å². The minimum Gasteiger partial charge on any atom is -0.465 e. The van der Waals surface area contributed by atoms with Crippen molar-refractivity contribution in [3.63, 3.8) is 0 Å². The molecule has 0 aliphatic heterocycles. The third-order valence-corrected chi connectivity index (χ3v) is 4.74. The summed E-state index contributed by atoms with van der Waals surface area (Å²) in [7, 11) is 1.25. The van der Waals surface area contributed by atoms with Gasteiger partial charge < -0.3 is 10.1 Å². The lowest BCUT2D eigenvalue weighted by Gasteiger charge is -2.12. The molecular weight excluding hydrogens is 305 g/mol. The number of benzene rings is 2. The second-order valence-corrected chi connectivity index (χ2v) is 6.75. The number of carbonyl (C=O) groups excluding carboxylic acids is 1. The second-order valence-electron chi connectivity index (χ2n) is 6.75. The van der Waals surface area contributed by atoms with E-state index in [4.69, 9.17) is 0 Å². The third-order valence-electron chi connectivity index (χ3n) is 4.74. The molecule has 2 aliphatic carbocycles. The van der Waals surface area contributed by atoms with Gasteiger partial charge in [0.1, 0.15) is 5.82 Å². The van der Waals surface area contributed by atoms with Gasteiger partial charge in [-0.1, -0.05) is 6.07 Å². The van der Waals surface area contributed by atoms with Crippen molar-refractivity contribution >= 4 is 17.3 Å². The van der Waals surface area contributed by atoms with Crippen LogP contribution < -0.4 is 5.32 Å². The zero-order chi connectivity index (χ0) is 16.7. The van der Waals surface area contributed by atoms with Gasteiger partial charge in [0, 0.05) is 11.4 Å². The van der Waals surface area contributed by atoms with Crippen LogP contribution in [0.15, 0.2) is 36.4 Å². The lowest BCUT2D eigenvalue weighted by molar-refractivity contribution is 0.0595. The Morgan fingerprint density at radius 2 is 1.62 bits per heavy atom. The van der Waals surface area contributed by atoms with E-state index < -0.39 is 11.8 Å².